The van der Waals surface area contributed by atoms with Gasteiger partial charge in [-0.25, -0.2) is 4.79 Å². The third kappa shape index (κ3) is 6.66. The fraction of sp³-hybridized carbons (Fsp3) is 0.727. The van der Waals surface area contributed by atoms with Gasteiger partial charge in [-0.1, -0.05) is 26.8 Å². The Bertz CT molecular complexity index is 224. The molecule has 0 aliphatic heterocycles. The summed E-state index contributed by atoms with van der Waals surface area (Å²) in [6, 6.07) is 0. The highest BCUT2D eigenvalue weighted by Gasteiger charge is 2.11. The largest absolute Gasteiger partial charge is 0.365 e. The number of carbonyl (C=O) groups is 1. The highest BCUT2D eigenvalue weighted by molar-refractivity contribution is 5.87. The average molecular weight is 199 g/mol. The number of hydroxylamine groups is 2. The molecule has 0 aliphatic carbocycles. The monoisotopic (exact) mass is 199 g/mol. The van der Waals surface area contributed by atoms with E-state index in [1.165, 1.54) is 5.06 Å². The molecule has 0 atom stereocenters. The zero-order valence-electron chi connectivity index (χ0n) is 10.0. The molecule has 82 valence electrons. The first-order valence-electron chi connectivity index (χ1n) is 4.79. The zero-order valence-corrected chi connectivity index (χ0v) is 10.0. The van der Waals surface area contributed by atoms with Gasteiger partial charge in [-0.15, -0.1) is 5.06 Å². The van der Waals surface area contributed by atoms with E-state index in [-0.39, 0.29) is 11.4 Å². The molecule has 0 unspecified atom stereocenters. The van der Waals surface area contributed by atoms with Crippen LogP contribution in [0.1, 0.15) is 34.1 Å². The minimum Gasteiger partial charge on any atom is -0.365 e. The van der Waals surface area contributed by atoms with Gasteiger partial charge in [0.25, 0.3) is 0 Å². The Labute approximate surface area is 86.7 Å². The molecule has 0 bridgehead atoms. The maximum absolute atomic E-state index is 11.3. The molecule has 0 rings (SSSR count). The second-order valence-electron chi connectivity index (χ2n) is 4.84. The topological polar surface area (TPSA) is 29.5 Å². The highest BCUT2D eigenvalue weighted by atomic mass is 16.7. The first-order valence-corrected chi connectivity index (χ1v) is 4.79. The molecule has 0 aromatic heterocycles. The molecule has 0 aliphatic rings. The van der Waals surface area contributed by atoms with Crippen molar-refractivity contribution in [3.05, 3.63) is 11.6 Å². The molecule has 0 saturated heterocycles. The first-order chi connectivity index (χ1) is 6.22. The molecule has 0 N–H and O–H groups in total. The van der Waals surface area contributed by atoms with Crippen molar-refractivity contribution in [1.29, 1.82) is 0 Å². The van der Waals surface area contributed by atoms with Crippen molar-refractivity contribution in [3.8, 4) is 0 Å². The Kier molecular flexibility index (Phi) is 4.85. The van der Waals surface area contributed by atoms with Crippen molar-refractivity contribution in [3.63, 3.8) is 0 Å². The van der Waals surface area contributed by atoms with Crippen LogP contribution >= 0.6 is 0 Å². The third-order valence-electron chi connectivity index (χ3n) is 1.61. The second kappa shape index (κ2) is 5.15. The molecule has 0 aromatic carbocycles. The van der Waals surface area contributed by atoms with Crippen LogP contribution in [0.2, 0.25) is 0 Å². The molecule has 3 heteroatoms. The Balaban J connectivity index is 4.18. The van der Waals surface area contributed by atoms with Crippen molar-refractivity contribution in [2.24, 2.45) is 5.41 Å². The summed E-state index contributed by atoms with van der Waals surface area (Å²) >= 11 is 0. The maximum atomic E-state index is 11.3. The lowest BCUT2D eigenvalue weighted by Crippen LogP contribution is -2.19. The average Bonchev–Trinajstić information content (AvgIpc) is 1.97. The van der Waals surface area contributed by atoms with E-state index in [0.29, 0.717) is 5.57 Å². The molecular formula is C11H21NO2. The van der Waals surface area contributed by atoms with Gasteiger partial charge in [-0.3, -0.25) is 0 Å². The zero-order chi connectivity index (χ0) is 11.4. The Hall–Kier alpha value is -0.830. The van der Waals surface area contributed by atoms with Crippen molar-refractivity contribution < 1.29 is 9.63 Å². The van der Waals surface area contributed by atoms with E-state index in [2.05, 4.69) is 20.8 Å². The summed E-state index contributed by atoms with van der Waals surface area (Å²) in [7, 11) is 3.38. The summed E-state index contributed by atoms with van der Waals surface area (Å²) in [6.07, 6.45) is 2.80. The van der Waals surface area contributed by atoms with Crippen LogP contribution in [0.15, 0.2) is 11.6 Å². The van der Waals surface area contributed by atoms with Crippen LogP contribution in [-0.4, -0.2) is 25.1 Å². The Morgan fingerprint density at radius 2 is 1.86 bits per heavy atom. The molecule has 0 spiro atoms. The fourth-order valence-corrected chi connectivity index (χ4v) is 0.780. The van der Waals surface area contributed by atoms with Gasteiger partial charge >= 0.3 is 5.97 Å². The number of rotatable bonds is 3. The van der Waals surface area contributed by atoms with Crippen molar-refractivity contribution in [2.75, 3.05) is 14.1 Å². The summed E-state index contributed by atoms with van der Waals surface area (Å²) < 4.78 is 0. The molecule has 0 heterocycles. The summed E-state index contributed by atoms with van der Waals surface area (Å²) in [5.74, 6) is -0.278. The van der Waals surface area contributed by atoms with Gasteiger partial charge in [0.2, 0.25) is 0 Å². The molecule has 0 saturated carbocycles. The van der Waals surface area contributed by atoms with Crippen LogP contribution in [0.3, 0.4) is 0 Å². The van der Waals surface area contributed by atoms with E-state index in [0.717, 1.165) is 6.42 Å². The number of hydrogen-bond donors (Lipinski definition) is 0. The van der Waals surface area contributed by atoms with Crippen LogP contribution in [0.4, 0.5) is 0 Å². The van der Waals surface area contributed by atoms with Crippen LogP contribution in [0.25, 0.3) is 0 Å². The van der Waals surface area contributed by atoms with Crippen LogP contribution < -0.4 is 0 Å². The molecule has 3 nitrogen and oxygen atoms in total. The van der Waals surface area contributed by atoms with E-state index in [1.807, 2.05) is 6.08 Å². The van der Waals surface area contributed by atoms with Crippen LogP contribution in [0.5, 0.6) is 0 Å². The minimum absolute atomic E-state index is 0.208. The maximum Gasteiger partial charge on any atom is 0.352 e. The van der Waals surface area contributed by atoms with E-state index in [9.17, 15) is 4.79 Å². The minimum atomic E-state index is -0.278. The number of carbonyl (C=O) groups excluding carboxylic acids is 1. The molecule has 0 amide bonds. The fourth-order valence-electron chi connectivity index (χ4n) is 0.780. The van der Waals surface area contributed by atoms with Gasteiger partial charge in [0.05, 0.1) is 0 Å². The SMILES string of the molecule is C/C(=C\CC(C)(C)C)C(=O)ON(C)C. The normalized spacial score (nSPS) is 13.2. The van der Waals surface area contributed by atoms with E-state index in [1.54, 1.807) is 21.0 Å². The standard InChI is InChI=1S/C11H21NO2/c1-9(7-8-11(2,3)4)10(13)14-12(5)6/h7H,8H2,1-6H3/b9-7+. The molecule has 0 radical (unpaired) electrons. The second-order valence-corrected chi connectivity index (χ2v) is 4.84. The van der Waals surface area contributed by atoms with Gasteiger partial charge < -0.3 is 4.84 Å². The van der Waals surface area contributed by atoms with E-state index >= 15 is 0 Å². The van der Waals surface area contributed by atoms with E-state index in [4.69, 9.17) is 4.84 Å². The molecule has 0 fully saturated rings. The smallest absolute Gasteiger partial charge is 0.352 e. The lowest BCUT2D eigenvalue weighted by atomic mass is 9.91. The molecule has 14 heavy (non-hydrogen) atoms. The number of allylic oxidation sites excluding steroid dienone is 1. The van der Waals surface area contributed by atoms with Crippen molar-refractivity contribution in [2.45, 2.75) is 34.1 Å². The summed E-state index contributed by atoms with van der Waals surface area (Å²) in [5, 5.41) is 1.40. The molecule has 0 aromatic rings. The van der Waals surface area contributed by atoms with Crippen molar-refractivity contribution in [1.82, 2.24) is 5.06 Å². The number of hydrogen-bond acceptors (Lipinski definition) is 3. The van der Waals surface area contributed by atoms with Crippen LogP contribution in [-0.2, 0) is 9.63 Å². The third-order valence-corrected chi connectivity index (χ3v) is 1.61. The van der Waals surface area contributed by atoms with Gasteiger partial charge in [-0.2, -0.15) is 0 Å². The van der Waals surface area contributed by atoms with E-state index < -0.39 is 0 Å². The van der Waals surface area contributed by atoms with Crippen molar-refractivity contribution >= 4 is 5.97 Å². The first kappa shape index (κ1) is 13.2. The van der Waals surface area contributed by atoms with Gasteiger partial charge in [0, 0.05) is 19.7 Å². The lowest BCUT2D eigenvalue weighted by Gasteiger charge is -2.16. The predicted octanol–water partition coefficient (Wildman–Crippen LogP) is 2.39. The van der Waals surface area contributed by atoms with Gasteiger partial charge in [-0.05, 0) is 18.8 Å². The quantitative estimate of drug-likeness (QED) is 0.516. The summed E-state index contributed by atoms with van der Waals surface area (Å²) in [4.78, 5) is 16.2. The highest BCUT2D eigenvalue weighted by Crippen LogP contribution is 2.20. The predicted molar refractivity (Wildman–Crippen MR) is 57.6 cm³/mol. The Morgan fingerprint density at radius 3 is 2.21 bits per heavy atom. The lowest BCUT2D eigenvalue weighted by molar-refractivity contribution is -0.172. The summed E-state index contributed by atoms with van der Waals surface area (Å²) in [6.45, 7) is 8.17. The van der Waals surface area contributed by atoms with Crippen LogP contribution in [0, 0.1) is 5.41 Å². The number of nitrogens with zero attached hydrogens (tertiary/aromatic N) is 1. The van der Waals surface area contributed by atoms with Gasteiger partial charge in [0.15, 0.2) is 0 Å². The Morgan fingerprint density at radius 1 is 1.36 bits per heavy atom. The van der Waals surface area contributed by atoms with Gasteiger partial charge in [0.1, 0.15) is 0 Å². The summed E-state index contributed by atoms with van der Waals surface area (Å²) in [5.41, 5.74) is 0.869. The molecular weight excluding hydrogens is 178 g/mol.